The molecule has 0 saturated heterocycles. The molecule has 0 bridgehead atoms. The minimum Gasteiger partial charge on any atom is -0.322 e. The van der Waals surface area contributed by atoms with Crippen LogP contribution < -0.4 is 10.9 Å². The largest absolute Gasteiger partial charge is 0.322 e. The molecule has 0 fully saturated rings. The summed E-state index contributed by atoms with van der Waals surface area (Å²) in [6, 6.07) is 13.8. The van der Waals surface area contributed by atoms with Crippen molar-refractivity contribution >= 4 is 33.1 Å². The molecule has 0 spiro atoms. The van der Waals surface area contributed by atoms with E-state index in [4.69, 9.17) is 0 Å². The molecular formula is C22H18FN3O2S. The molecular weight excluding hydrogens is 389 g/mol. The van der Waals surface area contributed by atoms with Gasteiger partial charge in [-0.2, -0.15) is 0 Å². The summed E-state index contributed by atoms with van der Waals surface area (Å²) in [5, 5.41) is 2.99. The van der Waals surface area contributed by atoms with Crippen LogP contribution in [0.25, 0.3) is 21.3 Å². The summed E-state index contributed by atoms with van der Waals surface area (Å²) in [5.74, 6) is -1.03. The number of hydrogen-bond acceptors (Lipinski definition) is 4. The van der Waals surface area contributed by atoms with Gasteiger partial charge in [0.15, 0.2) is 0 Å². The van der Waals surface area contributed by atoms with Crippen LogP contribution in [0.1, 0.15) is 10.4 Å². The van der Waals surface area contributed by atoms with Crippen LogP contribution in [0.3, 0.4) is 0 Å². The molecule has 2 heterocycles. The van der Waals surface area contributed by atoms with E-state index in [9.17, 15) is 14.0 Å². The summed E-state index contributed by atoms with van der Waals surface area (Å²) < 4.78 is 15.0. The second kappa shape index (κ2) is 7.60. The van der Waals surface area contributed by atoms with Gasteiger partial charge in [0, 0.05) is 10.4 Å². The van der Waals surface area contributed by atoms with Crippen molar-refractivity contribution in [3.63, 3.8) is 0 Å². The SMILES string of the molecule is Cc1ccc(-c2c(C)sc3ncn(CC(=O)Nc4ccccc4F)c(=O)c23)cc1. The number of hydrogen-bond donors (Lipinski definition) is 1. The summed E-state index contributed by atoms with van der Waals surface area (Å²) in [5.41, 5.74) is 2.69. The fraction of sp³-hybridized carbons (Fsp3) is 0.136. The minimum absolute atomic E-state index is 0.0753. The van der Waals surface area contributed by atoms with Gasteiger partial charge >= 0.3 is 0 Å². The van der Waals surface area contributed by atoms with Gasteiger partial charge in [0.1, 0.15) is 17.2 Å². The average Bonchev–Trinajstić information content (AvgIpc) is 3.03. The summed E-state index contributed by atoms with van der Waals surface area (Å²) in [6.07, 6.45) is 1.36. The van der Waals surface area contributed by atoms with E-state index in [-0.39, 0.29) is 17.8 Å². The van der Waals surface area contributed by atoms with E-state index in [1.54, 1.807) is 12.1 Å². The van der Waals surface area contributed by atoms with Crippen molar-refractivity contribution in [3.05, 3.63) is 81.5 Å². The molecule has 0 aliphatic heterocycles. The van der Waals surface area contributed by atoms with Crippen LogP contribution in [0.5, 0.6) is 0 Å². The quantitative estimate of drug-likeness (QED) is 0.541. The maximum atomic E-state index is 13.8. The van der Waals surface area contributed by atoms with E-state index in [0.29, 0.717) is 10.2 Å². The zero-order valence-electron chi connectivity index (χ0n) is 15.9. The normalized spacial score (nSPS) is 11.0. The number of para-hydroxylation sites is 1. The molecule has 1 amide bonds. The number of carbonyl (C=O) groups excluding carboxylic acids is 1. The summed E-state index contributed by atoms with van der Waals surface area (Å²) in [4.78, 5) is 31.5. The monoisotopic (exact) mass is 407 g/mol. The standard InChI is InChI=1S/C22H18FN3O2S/c1-13-7-9-15(10-8-13)19-14(2)29-21-20(19)22(28)26(12-24-21)11-18(27)25-17-6-4-3-5-16(17)23/h3-10,12H,11H2,1-2H3,(H,25,27). The Bertz CT molecular complexity index is 1280. The predicted molar refractivity (Wildman–Crippen MR) is 114 cm³/mol. The number of carbonyl (C=O) groups is 1. The molecule has 2 aromatic carbocycles. The third-order valence-corrected chi connectivity index (χ3v) is 5.67. The zero-order valence-corrected chi connectivity index (χ0v) is 16.7. The second-order valence-electron chi connectivity index (χ2n) is 6.79. The maximum absolute atomic E-state index is 13.8. The molecule has 2 aromatic heterocycles. The molecule has 0 aliphatic carbocycles. The number of fused-ring (bicyclic) bond motifs is 1. The second-order valence-corrected chi connectivity index (χ2v) is 7.99. The van der Waals surface area contributed by atoms with Crippen LogP contribution in [0.4, 0.5) is 10.1 Å². The average molecular weight is 407 g/mol. The number of amides is 1. The van der Waals surface area contributed by atoms with E-state index in [2.05, 4.69) is 10.3 Å². The number of thiophene rings is 1. The highest BCUT2D eigenvalue weighted by Crippen LogP contribution is 2.35. The zero-order chi connectivity index (χ0) is 20.5. The van der Waals surface area contributed by atoms with E-state index in [1.165, 1.54) is 34.4 Å². The summed E-state index contributed by atoms with van der Waals surface area (Å²) in [7, 11) is 0. The first-order valence-corrected chi connectivity index (χ1v) is 9.85. The van der Waals surface area contributed by atoms with Gasteiger partial charge < -0.3 is 5.32 Å². The van der Waals surface area contributed by atoms with Crippen molar-refractivity contribution in [2.45, 2.75) is 20.4 Å². The number of anilines is 1. The van der Waals surface area contributed by atoms with Crippen LogP contribution in [0.15, 0.2) is 59.7 Å². The lowest BCUT2D eigenvalue weighted by Gasteiger charge is -2.08. The molecule has 4 aromatic rings. The van der Waals surface area contributed by atoms with Gasteiger partial charge in [0.2, 0.25) is 5.91 Å². The Balaban J connectivity index is 1.71. The molecule has 29 heavy (non-hydrogen) atoms. The number of halogens is 1. The van der Waals surface area contributed by atoms with E-state index in [1.807, 2.05) is 38.1 Å². The highest BCUT2D eigenvalue weighted by atomic mass is 32.1. The van der Waals surface area contributed by atoms with Gasteiger partial charge in [-0.25, -0.2) is 9.37 Å². The fourth-order valence-corrected chi connectivity index (χ4v) is 4.23. The van der Waals surface area contributed by atoms with Gasteiger partial charge in [-0.1, -0.05) is 42.0 Å². The molecule has 0 radical (unpaired) electrons. The van der Waals surface area contributed by atoms with Crippen LogP contribution in [0, 0.1) is 19.7 Å². The van der Waals surface area contributed by atoms with Crippen molar-refractivity contribution in [2.24, 2.45) is 0 Å². The molecule has 0 aliphatic rings. The number of aryl methyl sites for hydroxylation is 2. The lowest BCUT2D eigenvalue weighted by atomic mass is 10.0. The van der Waals surface area contributed by atoms with E-state index < -0.39 is 11.7 Å². The highest BCUT2D eigenvalue weighted by molar-refractivity contribution is 7.19. The highest BCUT2D eigenvalue weighted by Gasteiger charge is 2.18. The van der Waals surface area contributed by atoms with E-state index in [0.717, 1.165) is 21.6 Å². The molecule has 0 atom stereocenters. The Labute approximate surface area is 170 Å². The van der Waals surface area contributed by atoms with Crippen molar-refractivity contribution in [1.82, 2.24) is 9.55 Å². The third-order valence-electron chi connectivity index (χ3n) is 4.66. The van der Waals surface area contributed by atoms with Crippen molar-refractivity contribution in [2.75, 3.05) is 5.32 Å². The van der Waals surface area contributed by atoms with Crippen molar-refractivity contribution in [1.29, 1.82) is 0 Å². The van der Waals surface area contributed by atoms with Crippen molar-refractivity contribution in [3.8, 4) is 11.1 Å². The lowest BCUT2D eigenvalue weighted by molar-refractivity contribution is -0.116. The van der Waals surface area contributed by atoms with Gasteiger partial charge in [0.25, 0.3) is 5.56 Å². The topological polar surface area (TPSA) is 64.0 Å². The Hall–Kier alpha value is -3.32. The predicted octanol–water partition coefficient (Wildman–Crippen LogP) is 4.52. The lowest BCUT2D eigenvalue weighted by Crippen LogP contribution is -2.28. The van der Waals surface area contributed by atoms with Gasteiger partial charge in [-0.05, 0) is 31.5 Å². The molecule has 4 rings (SSSR count). The Morgan fingerprint density at radius 1 is 1.14 bits per heavy atom. The molecule has 0 saturated carbocycles. The minimum atomic E-state index is -0.531. The molecule has 0 unspecified atom stereocenters. The number of nitrogens with one attached hydrogen (secondary N) is 1. The van der Waals surface area contributed by atoms with Gasteiger partial charge in [0.05, 0.1) is 17.4 Å². The molecule has 7 heteroatoms. The van der Waals surface area contributed by atoms with Crippen LogP contribution in [0.2, 0.25) is 0 Å². The maximum Gasteiger partial charge on any atom is 0.263 e. The number of nitrogens with zero attached hydrogens (tertiary/aromatic N) is 2. The number of rotatable bonds is 4. The number of aromatic nitrogens is 2. The summed E-state index contributed by atoms with van der Waals surface area (Å²) >= 11 is 1.45. The summed E-state index contributed by atoms with van der Waals surface area (Å²) in [6.45, 7) is 3.71. The van der Waals surface area contributed by atoms with Crippen molar-refractivity contribution < 1.29 is 9.18 Å². The first-order chi connectivity index (χ1) is 13.9. The smallest absolute Gasteiger partial charge is 0.263 e. The fourth-order valence-electron chi connectivity index (χ4n) is 3.23. The van der Waals surface area contributed by atoms with E-state index >= 15 is 0 Å². The van der Waals surface area contributed by atoms with Gasteiger partial charge in [-0.15, -0.1) is 11.3 Å². The van der Waals surface area contributed by atoms with Crippen LogP contribution in [-0.4, -0.2) is 15.5 Å². The first kappa shape index (κ1) is 19.0. The Morgan fingerprint density at radius 2 is 1.86 bits per heavy atom. The Morgan fingerprint density at radius 3 is 2.59 bits per heavy atom. The molecule has 5 nitrogen and oxygen atoms in total. The number of benzene rings is 2. The molecule has 146 valence electrons. The molecule has 1 N–H and O–H groups in total. The Kier molecular flexibility index (Phi) is 4.98. The van der Waals surface area contributed by atoms with Crippen LogP contribution >= 0.6 is 11.3 Å². The van der Waals surface area contributed by atoms with Gasteiger partial charge in [-0.3, -0.25) is 14.2 Å². The van der Waals surface area contributed by atoms with Crippen LogP contribution in [-0.2, 0) is 11.3 Å². The third kappa shape index (κ3) is 3.69. The first-order valence-electron chi connectivity index (χ1n) is 9.04.